The van der Waals surface area contributed by atoms with Crippen LogP contribution in [0.3, 0.4) is 0 Å². The average Bonchev–Trinajstić information content (AvgIpc) is 3.88. The molecular formula is C51H85N11O16. The van der Waals surface area contributed by atoms with E-state index in [4.69, 9.17) is 4.74 Å². The fraction of sp³-hybridized carbons (Fsp3) is 0.725. The van der Waals surface area contributed by atoms with Gasteiger partial charge in [-0.3, -0.25) is 52.7 Å². The van der Waals surface area contributed by atoms with Gasteiger partial charge in [-0.1, -0.05) is 59.5 Å². The molecule has 2 saturated heterocycles. The van der Waals surface area contributed by atoms with Gasteiger partial charge in [-0.15, -0.1) is 0 Å². The Balaban J connectivity index is 2.57. The van der Waals surface area contributed by atoms with Gasteiger partial charge in [0.05, 0.1) is 25.9 Å². The van der Waals surface area contributed by atoms with E-state index in [2.05, 4.69) is 67.0 Å². The summed E-state index contributed by atoms with van der Waals surface area (Å²) < 4.78 is 5.52. The highest BCUT2D eigenvalue weighted by Crippen LogP contribution is 2.20. The first-order chi connectivity index (χ1) is 36.7. The van der Waals surface area contributed by atoms with Gasteiger partial charge in [-0.05, 0) is 84.1 Å². The molecule has 13 N–H and O–H groups in total. The molecule has 11 amide bonds. The molecule has 0 unspecified atom stereocenters. The van der Waals surface area contributed by atoms with E-state index in [0.717, 1.165) is 43.9 Å². The lowest BCUT2D eigenvalue weighted by Crippen LogP contribution is -2.62. The standard InChI is InChI=1S/C51H85N11O16/c1-27(2)17-14-12-10-11-13-15-19-39(67)57-36(25-63)47(73)61-42-32(8)78-51(77)37(26-64)59-46(72)35(23-28(3)4)58-43(69)29(5)54-45(71)34(20-21-52-33(9)66)56-40(68)24-53-48(74)38-18-16-22-62(38)50(76)41(31(7)65)60-44(70)30(6)55-49(42)75/h15,19,27-32,34-38,41-42,63-65H,10-14,16-18,20-26H2,1-9H3,(H,52,66)(H,53,74)(H,54,71)(H,55,75)(H,56,68)(H,57,67)(H,58,69)(H,59,72)(H,60,70)(H,61,73)/b19-15+/t29-,30-,31-,32-,34+,35+,36-,37+,38+,41+,42+/m1/s1. The number of amides is 11. The third-order valence-corrected chi connectivity index (χ3v) is 12.7. The monoisotopic (exact) mass is 1110 g/mol. The number of allylic oxidation sites excluding steroid dienone is 1. The Morgan fingerprint density at radius 1 is 0.744 bits per heavy atom. The van der Waals surface area contributed by atoms with Gasteiger partial charge in [0.2, 0.25) is 65.0 Å². The van der Waals surface area contributed by atoms with E-state index in [1.165, 1.54) is 33.8 Å². The third-order valence-electron chi connectivity index (χ3n) is 12.7. The number of unbranched alkanes of at least 4 members (excludes halogenated alkanes) is 4. The van der Waals surface area contributed by atoms with E-state index in [1.807, 2.05) is 0 Å². The summed E-state index contributed by atoms with van der Waals surface area (Å²) in [6.45, 7) is 10.9. The average molecular weight is 1110 g/mol. The Morgan fingerprint density at radius 2 is 1.36 bits per heavy atom. The maximum Gasteiger partial charge on any atom is 0.331 e. The molecule has 2 aliphatic heterocycles. The SMILES string of the molecule is CC(=O)NCC[C@@H]1NC(=O)CNC(=O)[C@@H]2CCCN2C(=O)[C@H]([C@@H](C)O)NC(=O)[C@@H](C)NC(=O)[C@@H](NC(=O)[C@@H](CO)NC(=O)/C=C/CCCCCCC(C)C)[C@@H](C)OC(=O)[C@H](CO)NC(=O)[C@H](CC(C)C)NC(=O)[C@@H](C)NC1=O. The molecule has 0 spiro atoms. The van der Waals surface area contributed by atoms with E-state index in [9.17, 15) is 72.9 Å². The molecule has 78 heavy (non-hydrogen) atoms. The van der Waals surface area contributed by atoms with Crippen LogP contribution in [0.2, 0.25) is 0 Å². The Morgan fingerprint density at radius 3 is 1.96 bits per heavy atom. The molecule has 0 radical (unpaired) electrons. The van der Waals surface area contributed by atoms with Crippen molar-refractivity contribution in [2.45, 2.75) is 193 Å². The van der Waals surface area contributed by atoms with Crippen LogP contribution in [0.4, 0.5) is 0 Å². The van der Waals surface area contributed by atoms with Crippen molar-refractivity contribution in [2.75, 3.05) is 32.8 Å². The van der Waals surface area contributed by atoms with Crippen molar-refractivity contribution in [1.82, 2.24) is 58.1 Å². The fourth-order valence-corrected chi connectivity index (χ4v) is 8.30. The Kier molecular flexibility index (Phi) is 29.5. The number of rotatable bonds is 19. The highest BCUT2D eigenvalue weighted by atomic mass is 16.5. The topological polar surface area (TPSA) is 398 Å². The van der Waals surface area contributed by atoms with E-state index < -0.39 is 157 Å². The van der Waals surface area contributed by atoms with E-state index in [1.54, 1.807) is 19.9 Å². The van der Waals surface area contributed by atoms with Crippen molar-refractivity contribution in [1.29, 1.82) is 0 Å². The molecule has 0 aromatic rings. The number of esters is 1. The summed E-state index contributed by atoms with van der Waals surface area (Å²) in [6.07, 6.45) is 5.26. The Bertz CT molecular complexity index is 2120. The number of aliphatic hydroxyl groups excluding tert-OH is 3. The number of carbonyl (C=O) groups is 12. The smallest absolute Gasteiger partial charge is 0.331 e. The van der Waals surface area contributed by atoms with Crippen LogP contribution in [0.25, 0.3) is 0 Å². The quantitative estimate of drug-likeness (QED) is 0.0338. The van der Waals surface area contributed by atoms with Crippen LogP contribution in [0.5, 0.6) is 0 Å². The number of aliphatic hydroxyl groups is 3. The zero-order valence-electron chi connectivity index (χ0n) is 46.4. The molecule has 0 bridgehead atoms. The van der Waals surface area contributed by atoms with Crippen molar-refractivity contribution in [3.8, 4) is 0 Å². The predicted octanol–water partition coefficient (Wildman–Crippen LogP) is -3.55. The summed E-state index contributed by atoms with van der Waals surface area (Å²) in [4.78, 5) is 163. The molecule has 440 valence electrons. The number of cyclic esters (lactones) is 1. The molecule has 2 heterocycles. The van der Waals surface area contributed by atoms with E-state index in [-0.39, 0.29) is 38.3 Å². The van der Waals surface area contributed by atoms with Gasteiger partial charge in [0, 0.05) is 20.0 Å². The fourth-order valence-electron chi connectivity index (χ4n) is 8.30. The Hall–Kier alpha value is -6.74. The van der Waals surface area contributed by atoms with Crippen molar-refractivity contribution in [3.05, 3.63) is 12.2 Å². The molecule has 2 aliphatic rings. The summed E-state index contributed by atoms with van der Waals surface area (Å²) in [6, 6.07) is -14.1. The highest BCUT2D eigenvalue weighted by Gasteiger charge is 2.41. The van der Waals surface area contributed by atoms with Gasteiger partial charge in [0.15, 0.2) is 6.04 Å². The number of nitrogens with zero attached hydrogens (tertiary/aromatic N) is 1. The number of carbonyl (C=O) groups excluding carboxylic acids is 12. The largest absolute Gasteiger partial charge is 0.458 e. The van der Waals surface area contributed by atoms with Crippen molar-refractivity contribution in [3.63, 3.8) is 0 Å². The van der Waals surface area contributed by atoms with Crippen LogP contribution in [0.15, 0.2) is 12.2 Å². The molecule has 2 fully saturated rings. The lowest BCUT2D eigenvalue weighted by Gasteiger charge is -2.31. The van der Waals surface area contributed by atoms with Gasteiger partial charge in [-0.2, -0.15) is 0 Å². The second-order valence-corrected chi connectivity index (χ2v) is 20.6. The molecule has 2 rings (SSSR count). The second kappa shape index (κ2) is 34.2. The second-order valence-electron chi connectivity index (χ2n) is 20.6. The summed E-state index contributed by atoms with van der Waals surface area (Å²) >= 11 is 0. The summed E-state index contributed by atoms with van der Waals surface area (Å²) in [7, 11) is 0. The first-order valence-corrected chi connectivity index (χ1v) is 26.7. The maximum absolute atomic E-state index is 14.1. The van der Waals surface area contributed by atoms with Gasteiger partial charge in [0.1, 0.15) is 54.4 Å². The minimum absolute atomic E-state index is 0.00701. The van der Waals surface area contributed by atoms with E-state index >= 15 is 0 Å². The molecular weight excluding hydrogens is 1020 g/mol. The Labute approximate surface area is 455 Å². The molecule has 27 nitrogen and oxygen atoms in total. The third kappa shape index (κ3) is 23.5. The highest BCUT2D eigenvalue weighted by molar-refractivity contribution is 5.99. The van der Waals surface area contributed by atoms with Gasteiger partial charge < -0.3 is 78.1 Å². The lowest BCUT2D eigenvalue weighted by molar-refractivity contribution is -0.157. The summed E-state index contributed by atoms with van der Waals surface area (Å²) in [5.41, 5.74) is 0. The van der Waals surface area contributed by atoms with Crippen molar-refractivity contribution in [2.24, 2.45) is 11.8 Å². The van der Waals surface area contributed by atoms with Crippen LogP contribution >= 0.6 is 0 Å². The molecule has 0 aromatic heterocycles. The first-order valence-electron chi connectivity index (χ1n) is 26.7. The maximum atomic E-state index is 14.1. The number of nitrogens with one attached hydrogen (secondary N) is 10. The summed E-state index contributed by atoms with van der Waals surface area (Å²) in [5, 5.41) is 55.3. The lowest BCUT2D eigenvalue weighted by atomic mass is 10.0. The minimum Gasteiger partial charge on any atom is -0.458 e. The number of ether oxygens (including phenoxy) is 1. The predicted molar refractivity (Wildman–Crippen MR) is 280 cm³/mol. The number of hydrogen-bond acceptors (Lipinski definition) is 16. The molecule has 0 aliphatic carbocycles. The number of hydrogen-bond donors (Lipinski definition) is 13. The van der Waals surface area contributed by atoms with Crippen LogP contribution in [-0.2, 0) is 62.3 Å². The summed E-state index contributed by atoms with van der Waals surface area (Å²) in [5.74, 6) is -11.0. The van der Waals surface area contributed by atoms with Gasteiger partial charge in [0.25, 0.3) is 0 Å². The molecule has 11 atom stereocenters. The van der Waals surface area contributed by atoms with Crippen molar-refractivity contribution < 1.29 is 77.6 Å². The minimum atomic E-state index is -1.94. The molecule has 0 aromatic carbocycles. The zero-order valence-corrected chi connectivity index (χ0v) is 46.4. The molecule has 0 saturated carbocycles. The number of fused-ring (bicyclic) bond motifs is 1. The molecule has 27 heteroatoms. The van der Waals surface area contributed by atoms with Crippen LogP contribution in [-0.4, -0.2) is 191 Å². The van der Waals surface area contributed by atoms with Crippen LogP contribution in [0, 0.1) is 11.8 Å². The first kappa shape index (κ1) is 67.4. The van der Waals surface area contributed by atoms with Gasteiger partial charge in [-0.25, -0.2) is 4.79 Å². The normalized spacial score (nSPS) is 25.9. The van der Waals surface area contributed by atoms with E-state index in [0.29, 0.717) is 18.8 Å². The van der Waals surface area contributed by atoms with Crippen LogP contribution < -0.4 is 53.2 Å². The van der Waals surface area contributed by atoms with Crippen LogP contribution in [0.1, 0.15) is 127 Å². The van der Waals surface area contributed by atoms with Gasteiger partial charge >= 0.3 is 5.97 Å². The van der Waals surface area contributed by atoms with Crippen molar-refractivity contribution >= 4 is 70.9 Å². The zero-order chi connectivity index (χ0) is 58.8.